The fourth-order valence-corrected chi connectivity index (χ4v) is 3.59. The van der Waals surface area contributed by atoms with Gasteiger partial charge in [-0.1, -0.05) is 37.3 Å². The molecule has 3 rings (SSSR count). The molecule has 7 heteroatoms. The molecule has 28 heavy (non-hydrogen) atoms. The van der Waals surface area contributed by atoms with Crippen LogP contribution in [0.25, 0.3) is 6.08 Å². The van der Waals surface area contributed by atoms with Gasteiger partial charge in [0.1, 0.15) is 5.75 Å². The minimum absolute atomic E-state index is 0.00398. The third-order valence-electron chi connectivity index (χ3n) is 4.29. The zero-order chi connectivity index (χ0) is 20.1. The molecule has 1 aliphatic heterocycles. The molecule has 2 aromatic rings. The van der Waals surface area contributed by atoms with Crippen LogP contribution in [-0.2, 0) is 11.2 Å². The van der Waals surface area contributed by atoms with Gasteiger partial charge >= 0.3 is 0 Å². The molecule has 3 amide bonds. The lowest BCUT2D eigenvalue weighted by molar-refractivity contribution is -0.122. The molecular weight excluding hydrogens is 376 g/mol. The van der Waals surface area contributed by atoms with E-state index in [1.807, 2.05) is 24.3 Å². The number of carbonyl (C=O) groups is 3. The summed E-state index contributed by atoms with van der Waals surface area (Å²) < 4.78 is 0. The first-order chi connectivity index (χ1) is 13.5. The van der Waals surface area contributed by atoms with Gasteiger partial charge in [0.2, 0.25) is 0 Å². The Kier molecular flexibility index (Phi) is 6.16. The smallest absolute Gasteiger partial charge is 0.293 e. The summed E-state index contributed by atoms with van der Waals surface area (Å²) in [5, 5.41) is 11.7. The molecule has 0 aliphatic carbocycles. The van der Waals surface area contributed by atoms with Gasteiger partial charge in [-0.3, -0.25) is 19.3 Å². The highest BCUT2D eigenvalue weighted by Crippen LogP contribution is 2.31. The van der Waals surface area contributed by atoms with Gasteiger partial charge < -0.3 is 10.4 Å². The second-order valence-electron chi connectivity index (χ2n) is 6.23. The first-order valence-electron chi connectivity index (χ1n) is 8.89. The fourth-order valence-electron chi connectivity index (χ4n) is 2.72. The number of hydrogen-bond donors (Lipinski definition) is 2. The standard InChI is InChI=1S/C21H20N2O4S/c1-2-14-6-8-15(9-7-14)12-18-20(26)23(21(27)28-18)11-10-22-19(25)16-4-3-5-17(24)13-16/h3-9,12-13,24H,2,10-11H2,1H3,(H,22,25)/b18-12-. The molecule has 0 radical (unpaired) electrons. The molecule has 2 N–H and O–H groups in total. The Morgan fingerprint density at radius 2 is 1.93 bits per heavy atom. The quantitative estimate of drug-likeness (QED) is 0.731. The monoisotopic (exact) mass is 396 g/mol. The maximum absolute atomic E-state index is 12.5. The highest BCUT2D eigenvalue weighted by Gasteiger charge is 2.34. The van der Waals surface area contributed by atoms with Crippen molar-refractivity contribution in [1.82, 2.24) is 10.2 Å². The number of hydrogen-bond acceptors (Lipinski definition) is 5. The molecule has 144 valence electrons. The van der Waals surface area contributed by atoms with Crippen LogP contribution < -0.4 is 5.32 Å². The highest BCUT2D eigenvalue weighted by molar-refractivity contribution is 8.18. The second kappa shape index (κ2) is 8.75. The Balaban J connectivity index is 1.59. The Morgan fingerprint density at radius 1 is 1.18 bits per heavy atom. The lowest BCUT2D eigenvalue weighted by Crippen LogP contribution is -2.37. The number of imide groups is 1. The first-order valence-corrected chi connectivity index (χ1v) is 9.71. The van der Waals surface area contributed by atoms with Crippen molar-refractivity contribution in [2.24, 2.45) is 0 Å². The van der Waals surface area contributed by atoms with Crippen LogP contribution in [0.4, 0.5) is 4.79 Å². The maximum atomic E-state index is 12.5. The average molecular weight is 396 g/mol. The molecule has 1 saturated heterocycles. The van der Waals surface area contributed by atoms with Crippen LogP contribution >= 0.6 is 11.8 Å². The van der Waals surface area contributed by atoms with Crippen molar-refractivity contribution in [3.8, 4) is 5.75 Å². The number of nitrogens with one attached hydrogen (secondary N) is 1. The molecule has 0 atom stereocenters. The summed E-state index contributed by atoms with van der Waals surface area (Å²) in [6, 6.07) is 13.8. The number of rotatable bonds is 6. The number of nitrogens with zero attached hydrogens (tertiary/aromatic N) is 1. The van der Waals surface area contributed by atoms with Crippen molar-refractivity contribution in [2.75, 3.05) is 13.1 Å². The SMILES string of the molecule is CCc1ccc(/C=C2\SC(=O)N(CCNC(=O)c3cccc(O)c3)C2=O)cc1. The van der Waals surface area contributed by atoms with Crippen molar-refractivity contribution < 1.29 is 19.5 Å². The highest BCUT2D eigenvalue weighted by atomic mass is 32.2. The zero-order valence-electron chi connectivity index (χ0n) is 15.3. The topological polar surface area (TPSA) is 86.7 Å². The summed E-state index contributed by atoms with van der Waals surface area (Å²) in [7, 11) is 0. The number of thioether (sulfide) groups is 1. The van der Waals surface area contributed by atoms with Gasteiger partial charge in [-0.2, -0.15) is 0 Å². The number of benzene rings is 2. The van der Waals surface area contributed by atoms with Gasteiger partial charge in [-0.25, -0.2) is 0 Å². The number of phenolic OH excluding ortho intramolecular Hbond substituents is 1. The molecule has 1 fully saturated rings. The average Bonchev–Trinajstić information content (AvgIpc) is 2.95. The third kappa shape index (κ3) is 4.61. The summed E-state index contributed by atoms with van der Waals surface area (Å²) in [5.74, 6) is -0.744. The number of phenols is 1. The van der Waals surface area contributed by atoms with Crippen molar-refractivity contribution in [3.63, 3.8) is 0 Å². The molecule has 0 spiro atoms. The Morgan fingerprint density at radius 3 is 2.61 bits per heavy atom. The van der Waals surface area contributed by atoms with Crippen LogP contribution in [0.1, 0.15) is 28.4 Å². The van der Waals surface area contributed by atoms with E-state index in [2.05, 4.69) is 12.2 Å². The summed E-state index contributed by atoms with van der Waals surface area (Å²) in [5.41, 5.74) is 2.37. The molecule has 1 heterocycles. The Bertz CT molecular complexity index is 938. The number of amides is 3. The molecule has 1 aliphatic rings. The van der Waals surface area contributed by atoms with Crippen LogP contribution in [0.15, 0.2) is 53.4 Å². The van der Waals surface area contributed by atoms with Crippen LogP contribution in [0.3, 0.4) is 0 Å². The predicted molar refractivity (Wildman–Crippen MR) is 109 cm³/mol. The molecule has 0 saturated carbocycles. The van der Waals surface area contributed by atoms with Crippen LogP contribution in [0, 0.1) is 0 Å². The van der Waals surface area contributed by atoms with Crippen LogP contribution in [-0.4, -0.2) is 40.1 Å². The van der Waals surface area contributed by atoms with Crippen molar-refractivity contribution in [2.45, 2.75) is 13.3 Å². The number of aryl methyl sites for hydroxylation is 1. The lowest BCUT2D eigenvalue weighted by Gasteiger charge is -2.13. The predicted octanol–water partition coefficient (Wildman–Crippen LogP) is 3.42. The van der Waals surface area contributed by atoms with Gasteiger partial charge in [0, 0.05) is 18.7 Å². The molecule has 2 aromatic carbocycles. The van der Waals surface area contributed by atoms with Crippen LogP contribution in [0.5, 0.6) is 5.75 Å². The van der Waals surface area contributed by atoms with Gasteiger partial charge in [-0.15, -0.1) is 0 Å². The van der Waals surface area contributed by atoms with E-state index in [9.17, 15) is 19.5 Å². The minimum Gasteiger partial charge on any atom is -0.508 e. The Hall–Kier alpha value is -3.06. The zero-order valence-corrected chi connectivity index (χ0v) is 16.2. The number of carbonyl (C=O) groups excluding carboxylic acids is 3. The van der Waals surface area contributed by atoms with Gasteiger partial charge in [0.25, 0.3) is 17.1 Å². The van der Waals surface area contributed by atoms with Gasteiger partial charge in [0.05, 0.1) is 4.91 Å². The van der Waals surface area contributed by atoms with Gasteiger partial charge in [0.15, 0.2) is 0 Å². The summed E-state index contributed by atoms with van der Waals surface area (Å²) in [6.45, 7) is 2.28. The molecule has 0 aromatic heterocycles. The minimum atomic E-state index is -0.380. The van der Waals surface area contributed by atoms with E-state index in [4.69, 9.17) is 0 Å². The largest absolute Gasteiger partial charge is 0.508 e. The van der Waals surface area contributed by atoms with E-state index in [1.54, 1.807) is 18.2 Å². The molecular formula is C21H20N2O4S. The van der Waals surface area contributed by atoms with E-state index < -0.39 is 0 Å². The van der Waals surface area contributed by atoms with E-state index in [-0.39, 0.29) is 35.9 Å². The third-order valence-corrected chi connectivity index (χ3v) is 5.20. The van der Waals surface area contributed by atoms with Crippen molar-refractivity contribution in [3.05, 3.63) is 70.1 Å². The van der Waals surface area contributed by atoms with E-state index in [1.165, 1.54) is 17.7 Å². The first kappa shape index (κ1) is 19.7. The lowest BCUT2D eigenvalue weighted by atomic mass is 10.1. The molecule has 0 unspecified atom stereocenters. The molecule has 0 bridgehead atoms. The summed E-state index contributed by atoms with van der Waals surface area (Å²) in [6.07, 6.45) is 2.64. The van der Waals surface area contributed by atoms with Crippen molar-refractivity contribution >= 4 is 34.9 Å². The van der Waals surface area contributed by atoms with Crippen LogP contribution in [0.2, 0.25) is 0 Å². The maximum Gasteiger partial charge on any atom is 0.293 e. The van der Waals surface area contributed by atoms with E-state index in [0.29, 0.717) is 10.5 Å². The van der Waals surface area contributed by atoms with Crippen molar-refractivity contribution in [1.29, 1.82) is 0 Å². The van der Waals surface area contributed by atoms with E-state index in [0.717, 1.165) is 28.6 Å². The molecule has 6 nitrogen and oxygen atoms in total. The second-order valence-corrected chi connectivity index (χ2v) is 7.23. The van der Waals surface area contributed by atoms with E-state index >= 15 is 0 Å². The summed E-state index contributed by atoms with van der Waals surface area (Å²) in [4.78, 5) is 38.2. The normalized spacial score (nSPS) is 15.3. The van der Waals surface area contributed by atoms with Gasteiger partial charge in [-0.05, 0) is 53.6 Å². The number of aromatic hydroxyl groups is 1. The Labute approximate surface area is 167 Å². The summed E-state index contributed by atoms with van der Waals surface area (Å²) >= 11 is 0.897. The fraction of sp³-hybridized carbons (Fsp3) is 0.190.